The van der Waals surface area contributed by atoms with Crippen LogP contribution in [0.25, 0.3) is 11.3 Å². The molecular formula is C15H17BrN2O2. The maximum atomic E-state index is 11.6. The first-order valence-electron chi connectivity index (χ1n) is 6.54. The van der Waals surface area contributed by atoms with Crippen LogP contribution in [0.5, 0.6) is 0 Å². The Balaban J connectivity index is 1.97. The second kappa shape index (κ2) is 6.70. The lowest BCUT2D eigenvalue weighted by molar-refractivity contribution is -0.121. The quantitative estimate of drug-likeness (QED) is 0.908. The molecule has 0 radical (unpaired) electrons. The monoisotopic (exact) mass is 336 g/mol. The Hall–Kier alpha value is -1.62. The van der Waals surface area contributed by atoms with Crippen LogP contribution < -0.4 is 5.32 Å². The van der Waals surface area contributed by atoms with Crippen molar-refractivity contribution < 1.29 is 9.21 Å². The number of benzene rings is 1. The van der Waals surface area contributed by atoms with E-state index in [4.69, 9.17) is 4.42 Å². The van der Waals surface area contributed by atoms with Gasteiger partial charge in [-0.15, -0.1) is 0 Å². The van der Waals surface area contributed by atoms with Crippen molar-refractivity contribution in [1.29, 1.82) is 0 Å². The van der Waals surface area contributed by atoms with Gasteiger partial charge in [0.2, 0.25) is 5.91 Å². The van der Waals surface area contributed by atoms with E-state index >= 15 is 0 Å². The number of oxazole rings is 1. The second-order valence-corrected chi connectivity index (χ2v) is 5.77. The summed E-state index contributed by atoms with van der Waals surface area (Å²) in [6, 6.07) is 7.98. The minimum atomic E-state index is 0.0159. The number of nitrogens with zero attached hydrogens (tertiary/aromatic N) is 1. The zero-order valence-corrected chi connectivity index (χ0v) is 13.1. The van der Waals surface area contributed by atoms with Gasteiger partial charge in [-0.25, -0.2) is 4.98 Å². The van der Waals surface area contributed by atoms with Gasteiger partial charge in [0.1, 0.15) is 0 Å². The van der Waals surface area contributed by atoms with Crippen LogP contribution in [0.2, 0.25) is 0 Å². The largest absolute Gasteiger partial charge is 0.441 e. The number of aryl methyl sites for hydroxylation is 1. The molecule has 0 aliphatic heterocycles. The standard InChI is InChI=1S/C15H17BrN2O2/c1-10(2)18-14(19)6-7-15-17-9-13(20-15)11-4-3-5-12(16)8-11/h3-5,8-10H,6-7H2,1-2H3,(H,18,19). The Kier molecular flexibility index (Phi) is 4.95. The third kappa shape index (κ3) is 4.20. The number of rotatable bonds is 5. The number of nitrogens with one attached hydrogen (secondary N) is 1. The van der Waals surface area contributed by atoms with Gasteiger partial charge >= 0.3 is 0 Å². The lowest BCUT2D eigenvalue weighted by atomic mass is 10.2. The molecule has 2 aromatic rings. The Labute approximate surface area is 126 Å². The number of amides is 1. The van der Waals surface area contributed by atoms with Gasteiger partial charge in [0.05, 0.1) is 6.20 Å². The van der Waals surface area contributed by atoms with Gasteiger partial charge in [-0.2, -0.15) is 0 Å². The third-order valence-corrected chi connectivity index (χ3v) is 3.17. The van der Waals surface area contributed by atoms with E-state index in [1.165, 1.54) is 0 Å². The first-order chi connectivity index (χ1) is 9.54. The number of carbonyl (C=O) groups is 1. The predicted molar refractivity (Wildman–Crippen MR) is 81.2 cm³/mol. The molecule has 1 amide bonds. The van der Waals surface area contributed by atoms with Crippen molar-refractivity contribution in [3.05, 3.63) is 40.8 Å². The Morgan fingerprint density at radius 2 is 2.25 bits per heavy atom. The fourth-order valence-corrected chi connectivity index (χ4v) is 2.21. The molecule has 0 saturated carbocycles. The van der Waals surface area contributed by atoms with E-state index in [2.05, 4.69) is 26.2 Å². The Morgan fingerprint density at radius 3 is 2.95 bits per heavy atom. The molecule has 1 aromatic carbocycles. The van der Waals surface area contributed by atoms with Gasteiger partial charge in [-0.3, -0.25) is 4.79 Å². The van der Waals surface area contributed by atoms with Gasteiger partial charge in [0.25, 0.3) is 0 Å². The molecule has 1 heterocycles. The maximum absolute atomic E-state index is 11.6. The topological polar surface area (TPSA) is 55.1 Å². The van der Waals surface area contributed by atoms with E-state index in [1.54, 1.807) is 6.20 Å². The summed E-state index contributed by atoms with van der Waals surface area (Å²) >= 11 is 3.42. The van der Waals surface area contributed by atoms with Crippen LogP contribution in [0.4, 0.5) is 0 Å². The summed E-state index contributed by atoms with van der Waals surface area (Å²) in [6.45, 7) is 3.88. The van der Waals surface area contributed by atoms with Gasteiger partial charge in [-0.1, -0.05) is 28.1 Å². The lowest BCUT2D eigenvalue weighted by Crippen LogP contribution is -2.30. The van der Waals surface area contributed by atoms with Crippen LogP contribution in [-0.4, -0.2) is 16.9 Å². The molecule has 1 N–H and O–H groups in total. The highest BCUT2D eigenvalue weighted by Crippen LogP contribution is 2.23. The van der Waals surface area contributed by atoms with E-state index in [0.29, 0.717) is 24.5 Å². The molecule has 0 aliphatic carbocycles. The second-order valence-electron chi connectivity index (χ2n) is 4.85. The molecule has 0 bridgehead atoms. The van der Waals surface area contributed by atoms with Crippen molar-refractivity contribution in [2.45, 2.75) is 32.7 Å². The average molecular weight is 337 g/mol. The summed E-state index contributed by atoms with van der Waals surface area (Å²) in [7, 11) is 0. The summed E-state index contributed by atoms with van der Waals surface area (Å²) in [6.07, 6.45) is 2.58. The van der Waals surface area contributed by atoms with Crippen molar-refractivity contribution in [3.8, 4) is 11.3 Å². The molecule has 5 heteroatoms. The number of halogens is 1. The van der Waals surface area contributed by atoms with E-state index < -0.39 is 0 Å². The summed E-state index contributed by atoms with van der Waals surface area (Å²) in [5, 5.41) is 2.84. The number of carbonyl (C=O) groups excluding carboxylic acids is 1. The van der Waals surface area contributed by atoms with Crippen molar-refractivity contribution in [2.24, 2.45) is 0 Å². The molecule has 0 spiro atoms. The highest BCUT2D eigenvalue weighted by molar-refractivity contribution is 9.10. The normalized spacial score (nSPS) is 10.8. The van der Waals surface area contributed by atoms with Crippen LogP contribution in [-0.2, 0) is 11.2 Å². The molecule has 0 fully saturated rings. The zero-order chi connectivity index (χ0) is 14.5. The van der Waals surface area contributed by atoms with Crippen LogP contribution in [0, 0.1) is 0 Å². The van der Waals surface area contributed by atoms with Crippen molar-refractivity contribution in [1.82, 2.24) is 10.3 Å². The van der Waals surface area contributed by atoms with Crippen molar-refractivity contribution in [2.75, 3.05) is 0 Å². The number of hydrogen-bond donors (Lipinski definition) is 1. The number of aromatic nitrogens is 1. The highest BCUT2D eigenvalue weighted by Gasteiger charge is 2.09. The maximum Gasteiger partial charge on any atom is 0.220 e. The zero-order valence-electron chi connectivity index (χ0n) is 11.5. The predicted octanol–water partition coefficient (Wildman–Crippen LogP) is 3.56. The minimum Gasteiger partial charge on any atom is -0.441 e. The SMILES string of the molecule is CC(C)NC(=O)CCc1ncc(-c2cccc(Br)c2)o1. The lowest BCUT2D eigenvalue weighted by Gasteiger charge is -2.06. The van der Waals surface area contributed by atoms with Gasteiger partial charge in [-0.05, 0) is 26.0 Å². The van der Waals surface area contributed by atoms with Crippen LogP contribution in [0.1, 0.15) is 26.2 Å². The molecular weight excluding hydrogens is 320 g/mol. The fraction of sp³-hybridized carbons (Fsp3) is 0.333. The van der Waals surface area contributed by atoms with Gasteiger partial charge in [0, 0.05) is 28.9 Å². The first kappa shape index (κ1) is 14.8. The molecule has 1 aromatic heterocycles. The van der Waals surface area contributed by atoms with Crippen molar-refractivity contribution in [3.63, 3.8) is 0 Å². The molecule has 0 saturated heterocycles. The Bertz CT molecular complexity index is 593. The van der Waals surface area contributed by atoms with Crippen LogP contribution in [0.15, 0.2) is 39.4 Å². The minimum absolute atomic E-state index is 0.0159. The summed E-state index contributed by atoms with van der Waals surface area (Å²) in [5.41, 5.74) is 0.963. The Morgan fingerprint density at radius 1 is 1.45 bits per heavy atom. The molecule has 20 heavy (non-hydrogen) atoms. The van der Waals surface area contributed by atoms with Gasteiger partial charge < -0.3 is 9.73 Å². The summed E-state index contributed by atoms with van der Waals surface area (Å²) in [4.78, 5) is 15.8. The van der Waals surface area contributed by atoms with Crippen LogP contribution in [0.3, 0.4) is 0 Å². The van der Waals surface area contributed by atoms with E-state index in [1.807, 2.05) is 38.1 Å². The molecule has 0 aliphatic rings. The highest BCUT2D eigenvalue weighted by atomic mass is 79.9. The van der Waals surface area contributed by atoms with E-state index in [9.17, 15) is 4.79 Å². The smallest absolute Gasteiger partial charge is 0.220 e. The van der Waals surface area contributed by atoms with E-state index in [-0.39, 0.29) is 11.9 Å². The molecule has 106 valence electrons. The van der Waals surface area contributed by atoms with Crippen LogP contribution >= 0.6 is 15.9 Å². The van der Waals surface area contributed by atoms with E-state index in [0.717, 1.165) is 10.0 Å². The third-order valence-electron chi connectivity index (χ3n) is 2.68. The molecule has 0 unspecified atom stereocenters. The van der Waals surface area contributed by atoms with Gasteiger partial charge in [0.15, 0.2) is 11.7 Å². The molecule has 4 nitrogen and oxygen atoms in total. The molecule has 2 rings (SSSR count). The average Bonchev–Trinajstić information content (AvgIpc) is 2.84. The summed E-state index contributed by atoms with van der Waals surface area (Å²) < 4.78 is 6.66. The van der Waals surface area contributed by atoms with Crippen molar-refractivity contribution >= 4 is 21.8 Å². The molecule has 0 atom stereocenters. The number of hydrogen-bond acceptors (Lipinski definition) is 3. The summed E-state index contributed by atoms with van der Waals surface area (Å²) in [5.74, 6) is 1.31. The first-order valence-corrected chi connectivity index (χ1v) is 7.34. The fourth-order valence-electron chi connectivity index (χ4n) is 1.82.